The Bertz CT molecular complexity index is 194. The van der Waals surface area contributed by atoms with Gasteiger partial charge < -0.3 is 4.90 Å². The number of amides is 1. The highest BCUT2D eigenvalue weighted by atomic mass is 16.2. The van der Waals surface area contributed by atoms with Crippen LogP contribution in [0.25, 0.3) is 0 Å². The first-order valence-corrected chi connectivity index (χ1v) is 6.17. The number of likely N-dealkylation sites (N-methyl/N-ethyl adjacent to an activating group) is 1. The number of hydrogen-bond donors (Lipinski definition) is 0. The number of rotatable bonds is 4. The lowest BCUT2D eigenvalue weighted by atomic mass is 9.99. The Labute approximate surface area is 93.4 Å². The first-order chi connectivity index (χ1) is 7.17. The van der Waals surface area contributed by atoms with E-state index < -0.39 is 0 Å². The molecule has 0 radical (unpaired) electrons. The molecule has 1 saturated heterocycles. The normalized spacial score (nSPS) is 19.1. The summed E-state index contributed by atoms with van der Waals surface area (Å²) in [4.78, 5) is 16.0. The predicted molar refractivity (Wildman–Crippen MR) is 62.8 cm³/mol. The zero-order valence-corrected chi connectivity index (χ0v) is 10.3. The molecule has 0 aromatic rings. The summed E-state index contributed by atoms with van der Waals surface area (Å²) in [6.07, 6.45) is 2.48. The van der Waals surface area contributed by atoms with Gasteiger partial charge in [-0.2, -0.15) is 0 Å². The molecule has 0 spiro atoms. The molecule has 88 valence electrons. The van der Waals surface area contributed by atoms with Crippen molar-refractivity contribution in [1.82, 2.24) is 9.80 Å². The van der Waals surface area contributed by atoms with Crippen molar-refractivity contribution in [2.75, 3.05) is 32.7 Å². The quantitative estimate of drug-likeness (QED) is 0.706. The molecule has 0 N–H and O–H groups in total. The minimum absolute atomic E-state index is 0.287. The van der Waals surface area contributed by atoms with Crippen molar-refractivity contribution in [1.29, 1.82) is 0 Å². The minimum atomic E-state index is 0.287. The van der Waals surface area contributed by atoms with Crippen molar-refractivity contribution in [2.45, 2.75) is 33.6 Å². The fraction of sp³-hybridized carbons (Fsp3) is 0.917. The number of piperidine rings is 1. The molecule has 0 aromatic heterocycles. The second-order valence-electron chi connectivity index (χ2n) is 4.52. The molecule has 0 saturated carbocycles. The van der Waals surface area contributed by atoms with Crippen molar-refractivity contribution in [2.24, 2.45) is 5.92 Å². The zero-order chi connectivity index (χ0) is 11.3. The monoisotopic (exact) mass is 212 g/mol. The molecule has 1 heterocycles. The molecule has 0 unspecified atom stereocenters. The van der Waals surface area contributed by atoms with Gasteiger partial charge in [0, 0.05) is 13.1 Å². The molecule has 0 aromatic carbocycles. The van der Waals surface area contributed by atoms with E-state index in [1.807, 2.05) is 18.7 Å². The largest absolute Gasteiger partial charge is 0.342 e. The Hall–Kier alpha value is -0.570. The van der Waals surface area contributed by atoms with Crippen LogP contribution >= 0.6 is 0 Å². The maximum Gasteiger partial charge on any atom is 0.236 e. The van der Waals surface area contributed by atoms with Gasteiger partial charge in [-0.3, -0.25) is 9.69 Å². The van der Waals surface area contributed by atoms with E-state index in [4.69, 9.17) is 0 Å². The van der Waals surface area contributed by atoms with Gasteiger partial charge in [0.1, 0.15) is 0 Å². The number of carbonyl (C=O) groups is 1. The van der Waals surface area contributed by atoms with Crippen LogP contribution in [-0.2, 0) is 4.79 Å². The molecule has 1 aliphatic heterocycles. The van der Waals surface area contributed by atoms with E-state index in [1.54, 1.807) is 0 Å². The van der Waals surface area contributed by atoms with Crippen LogP contribution in [0.1, 0.15) is 33.6 Å². The molecule has 15 heavy (non-hydrogen) atoms. The molecule has 3 nitrogen and oxygen atoms in total. The van der Waals surface area contributed by atoms with E-state index in [0.717, 1.165) is 32.1 Å². The highest BCUT2D eigenvalue weighted by Gasteiger charge is 2.19. The fourth-order valence-electron chi connectivity index (χ4n) is 2.09. The third-order valence-electron chi connectivity index (χ3n) is 3.35. The summed E-state index contributed by atoms with van der Waals surface area (Å²) in [5.74, 6) is 1.12. The minimum Gasteiger partial charge on any atom is -0.342 e. The summed E-state index contributed by atoms with van der Waals surface area (Å²) in [6.45, 7) is 10.8. The van der Waals surface area contributed by atoms with Gasteiger partial charge in [0.05, 0.1) is 6.54 Å². The van der Waals surface area contributed by atoms with Crippen LogP contribution in [0.4, 0.5) is 0 Å². The van der Waals surface area contributed by atoms with Gasteiger partial charge in [-0.25, -0.2) is 0 Å². The van der Waals surface area contributed by atoms with Gasteiger partial charge in [-0.05, 0) is 45.7 Å². The molecular formula is C12H24N2O. The van der Waals surface area contributed by atoms with Crippen LogP contribution < -0.4 is 0 Å². The van der Waals surface area contributed by atoms with E-state index >= 15 is 0 Å². The number of carbonyl (C=O) groups excluding carboxylic acids is 1. The van der Waals surface area contributed by atoms with E-state index in [9.17, 15) is 4.79 Å². The lowest BCUT2D eigenvalue weighted by molar-refractivity contribution is -0.132. The average Bonchev–Trinajstić information content (AvgIpc) is 2.23. The van der Waals surface area contributed by atoms with Gasteiger partial charge in [-0.1, -0.05) is 6.92 Å². The molecule has 0 atom stereocenters. The third-order valence-corrected chi connectivity index (χ3v) is 3.35. The third kappa shape index (κ3) is 3.82. The standard InChI is InChI=1S/C12H24N2O/c1-4-14(5-2)12(15)10-13-8-6-11(3)7-9-13/h11H,4-10H2,1-3H3. The zero-order valence-electron chi connectivity index (χ0n) is 10.3. The Morgan fingerprint density at radius 1 is 1.27 bits per heavy atom. The van der Waals surface area contributed by atoms with Gasteiger partial charge in [0.25, 0.3) is 0 Å². The van der Waals surface area contributed by atoms with E-state index in [2.05, 4.69) is 11.8 Å². The Morgan fingerprint density at radius 2 is 1.80 bits per heavy atom. The maximum atomic E-state index is 11.8. The summed E-state index contributed by atoms with van der Waals surface area (Å²) < 4.78 is 0. The first kappa shape index (κ1) is 12.5. The number of hydrogen-bond acceptors (Lipinski definition) is 2. The molecule has 3 heteroatoms. The number of nitrogens with zero attached hydrogens (tertiary/aromatic N) is 2. The summed E-state index contributed by atoms with van der Waals surface area (Å²) in [6, 6.07) is 0. The second kappa shape index (κ2) is 6.11. The maximum absolute atomic E-state index is 11.8. The van der Waals surface area contributed by atoms with E-state index in [0.29, 0.717) is 6.54 Å². The molecule has 1 fully saturated rings. The molecule has 1 aliphatic rings. The van der Waals surface area contributed by atoms with Crippen LogP contribution in [0.2, 0.25) is 0 Å². The fourth-order valence-corrected chi connectivity index (χ4v) is 2.09. The molecule has 1 amide bonds. The lowest BCUT2D eigenvalue weighted by Gasteiger charge is -2.31. The van der Waals surface area contributed by atoms with Gasteiger partial charge in [0.15, 0.2) is 0 Å². The van der Waals surface area contributed by atoms with Gasteiger partial charge in [-0.15, -0.1) is 0 Å². The molecular weight excluding hydrogens is 188 g/mol. The highest BCUT2D eigenvalue weighted by Crippen LogP contribution is 2.15. The van der Waals surface area contributed by atoms with Crippen LogP contribution in [0, 0.1) is 5.92 Å². The molecule has 0 bridgehead atoms. The summed E-state index contributed by atoms with van der Waals surface area (Å²) in [5.41, 5.74) is 0. The second-order valence-corrected chi connectivity index (χ2v) is 4.52. The molecule has 1 rings (SSSR count). The first-order valence-electron chi connectivity index (χ1n) is 6.17. The van der Waals surface area contributed by atoms with E-state index in [1.165, 1.54) is 12.8 Å². The highest BCUT2D eigenvalue weighted by molar-refractivity contribution is 5.78. The van der Waals surface area contributed by atoms with E-state index in [-0.39, 0.29) is 5.91 Å². The Kier molecular flexibility index (Phi) is 5.09. The Morgan fingerprint density at radius 3 is 2.27 bits per heavy atom. The number of likely N-dealkylation sites (tertiary alicyclic amines) is 1. The average molecular weight is 212 g/mol. The van der Waals surface area contributed by atoms with Crippen LogP contribution in [-0.4, -0.2) is 48.4 Å². The van der Waals surface area contributed by atoms with Crippen molar-refractivity contribution in [3.63, 3.8) is 0 Å². The summed E-state index contributed by atoms with van der Waals surface area (Å²) >= 11 is 0. The van der Waals surface area contributed by atoms with Crippen molar-refractivity contribution in [3.8, 4) is 0 Å². The van der Waals surface area contributed by atoms with Crippen molar-refractivity contribution < 1.29 is 4.79 Å². The topological polar surface area (TPSA) is 23.6 Å². The van der Waals surface area contributed by atoms with Gasteiger partial charge >= 0.3 is 0 Å². The summed E-state index contributed by atoms with van der Waals surface area (Å²) in [7, 11) is 0. The summed E-state index contributed by atoms with van der Waals surface area (Å²) in [5, 5.41) is 0. The smallest absolute Gasteiger partial charge is 0.236 e. The van der Waals surface area contributed by atoms with Crippen LogP contribution in [0.15, 0.2) is 0 Å². The van der Waals surface area contributed by atoms with Crippen molar-refractivity contribution in [3.05, 3.63) is 0 Å². The lowest BCUT2D eigenvalue weighted by Crippen LogP contribution is -2.43. The Balaban J connectivity index is 2.31. The van der Waals surface area contributed by atoms with Crippen molar-refractivity contribution >= 4 is 5.91 Å². The van der Waals surface area contributed by atoms with Crippen LogP contribution in [0.5, 0.6) is 0 Å². The SMILES string of the molecule is CCN(CC)C(=O)CN1CCC(C)CC1. The van der Waals surface area contributed by atoms with Crippen LogP contribution in [0.3, 0.4) is 0 Å². The predicted octanol–water partition coefficient (Wildman–Crippen LogP) is 1.59. The van der Waals surface area contributed by atoms with Gasteiger partial charge in [0.2, 0.25) is 5.91 Å². The molecule has 0 aliphatic carbocycles.